The summed E-state index contributed by atoms with van der Waals surface area (Å²) >= 11 is 0. The fraction of sp³-hybridized carbons (Fsp3) is 0.435. The molecule has 0 bridgehead atoms. The van der Waals surface area contributed by atoms with E-state index in [1.54, 1.807) is 50.4 Å². The van der Waals surface area contributed by atoms with Crippen LogP contribution < -0.4 is 5.32 Å². The largest absolute Gasteiger partial charge is 0.396 e. The van der Waals surface area contributed by atoms with E-state index in [0.29, 0.717) is 16.7 Å². The van der Waals surface area contributed by atoms with Crippen LogP contribution in [0.2, 0.25) is 0 Å². The topological polar surface area (TPSA) is 150 Å². The molecule has 8 heteroatoms. The Morgan fingerprint density at radius 2 is 1.52 bits per heavy atom. The van der Waals surface area contributed by atoms with Gasteiger partial charge in [-0.3, -0.25) is 4.79 Å². The van der Waals surface area contributed by atoms with Gasteiger partial charge in [-0.2, -0.15) is 0 Å². The Hall–Kier alpha value is -2.33. The predicted octanol–water partition coefficient (Wildman–Crippen LogP) is 0.127. The lowest BCUT2D eigenvalue weighted by atomic mass is 9.89. The highest BCUT2D eigenvalue weighted by molar-refractivity contribution is 5.95. The highest BCUT2D eigenvalue weighted by Crippen LogP contribution is 2.29. The van der Waals surface area contributed by atoms with Crippen LogP contribution in [-0.4, -0.2) is 74.6 Å². The first-order valence-electron chi connectivity index (χ1n) is 10.1. The third-order valence-electron chi connectivity index (χ3n) is 5.52. The van der Waals surface area contributed by atoms with E-state index in [0.717, 1.165) is 11.1 Å². The summed E-state index contributed by atoms with van der Waals surface area (Å²) in [5, 5.41) is 62.9. The molecule has 5 unspecified atom stereocenters. The van der Waals surface area contributed by atoms with Gasteiger partial charge in [-0.05, 0) is 41.3 Å². The van der Waals surface area contributed by atoms with Crippen LogP contribution >= 0.6 is 0 Å². The lowest BCUT2D eigenvalue weighted by Crippen LogP contribution is -2.49. The molecule has 0 aromatic heterocycles. The lowest BCUT2D eigenvalue weighted by molar-refractivity contribution is -0.145. The number of aliphatic hydroxyl groups is 6. The smallest absolute Gasteiger partial charge is 0.251 e. The number of aryl methyl sites for hydroxylation is 1. The van der Waals surface area contributed by atoms with Gasteiger partial charge in [0.1, 0.15) is 24.4 Å². The van der Waals surface area contributed by atoms with E-state index < -0.39 is 43.0 Å². The van der Waals surface area contributed by atoms with Gasteiger partial charge in [0.2, 0.25) is 0 Å². The summed E-state index contributed by atoms with van der Waals surface area (Å²) in [5.41, 5.74) is 3.06. The van der Waals surface area contributed by atoms with Crippen LogP contribution in [0.25, 0.3) is 11.1 Å². The molecule has 0 aliphatic heterocycles. The maximum absolute atomic E-state index is 11.9. The second-order valence-corrected chi connectivity index (χ2v) is 7.80. The Morgan fingerprint density at radius 3 is 2.10 bits per heavy atom. The van der Waals surface area contributed by atoms with Crippen molar-refractivity contribution in [3.8, 4) is 11.1 Å². The summed E-state index contributed by atoms with van der Waals surface area (Å²) in [6, 6.07) is 12.1. The molecule has 31 heavy (non-hydrogen) atoms. The minimum absolute atomic E-state index is 0.209. The van der Waals surface area contributed by atoms with Crippen LogP contribution in [0, 0.1) is 12.8 Å². The molecule has 1 amide bonds. The van der Waals surface area contributed by atoms with Crippen LogP contribution in [-0.2, 0) is 0 Å². The molecule has 6 atom stereocenters. The molecule has 0 saturated heterocycles. The van der Waals surface area contributed by atoms with Gasteiger partial charge in [0, 0.05) is 25.1 Å². The summed E-state index contributed by atoms with van der Waals surface area (Å²) in [7, 11) is 1.55. The monoisotopic (exact) mass is 433 g/mol. The average Bonchev–Trinajstić information content (AvgIpc) is 2.80. The Kier molecular flexibility index (Phi) is 8.69. The van der Waals surface area contributed by atoms with Crippen LogP contribution in [0.3, 0.4) is 0 Å². The molecule has 0 heterocycles. The van der Waals surface area contributed by atoms with Crippen molar-refractivity contribution < 1.29 is 35.4 Å². The van der Waals surface area contributed by atoms with Gasteiger partial charge in [-0.25, -0.2) is 0 Å². The van der Waals surface area contributed by atoms with E-state index in [1.807, 2.05) is 6.07 Å². The number of rotatable bonds is 9. The van der Waals surface area contributed by atoms with Gasteiger partial charge in [0.05, 0.1) is 6.10 Å². The first-order valence-corrected chi connectivity index (χ1v) is 10.1. The third kappa shape index (κ3) is 5.68. The number of carbonyl (C=O) groups excluding carboxylic acids is 1. The third-order valence-corrected chi connectivity index (χ3v) is 5.52. The van der Waals surface area contributed by atoms with Gasteiger partial charge in [-0.1, -0.05) is 37.3 Å². The highest BCUT2D eigenvalue weighted by atomic mass is 16.4. The molecular weight excluding hydrogens is 402 g/mol. The summed E-state index contributed by atoms with van der Waals surface area (Å²) < 4.78 is 0. The quantitative estimate of drug-likeness (QED) is 0.297. The van der Waals surface area contributed by atoms with Crippen LogP contribution in [0.5, 0.6) is 0 Å². The van der Waals surface area contributed by atoms with Crippen molar-refractivity contribution in [2.75, 3.05) is 13.7 Å². The van der Waals surface area contributed by atoms with Crippen LogP contribution in [0.4, 0.5) is 0 Å². The SMILES string of the molecule is CNC(=O)c1cccc(-c2ccc([C@H](O)C(O)C(O)C(O)C(O)C(C)CO)c(C)c2)c1. The molecule has 8 nitrogen and oxygen atoms in total. The molecule has 2 aromatic rings. The minimum Gasteiger partial charge on any atom is -0.396 e. The Labute approximate surface area is 181 Å². The van der Waals surface area contributed by atoms with Gasteiger partial charge in [0.25, 0.3) is 5.91 Å². The van der Waals surface area contributed by atoms with Crippen molar-refractivity contribution in [2.45, 2.75) is 44.4 Å². The maximum Gasteiger partial charge on any atom is 0.251 e. The Balaban J connectivity index is 2.23. The van der Waals surface area contributed by atoms with Crippen molar-refractivity contribution >= 4 is 5.91 Å². The number of benzene rings is 2. The predicted molar refractivity (Wildman–Crippen MR) is 115 cm³/mol. The molecule has 0 saturated carbocycles. The Morgan fingerprint density at radius 1 is 0.903 bits per heavy atom. The summed E-state index contributed by atoms with van der Waals surface area (Å²) in [4.78, 5) is 11.9. The fourth-order valence-electron chi connectivity index (χ4n) is 3.39. The van der Waals surface area contributed by atoms with E-state index in [-0.39, 0.29) is 5.91 Å². The lowest BCUT2D eigenvalue weighted by Gasteiger charge is -2.31. The van der Waals surface area contributed by atoms with Crippen molar-refractivity contribution in [1.29, 1.82) is 0 Å². The van der Waals surface area contributed by atoms with Gasteiger partial charge in [0.15, 0.2) is 0 Å². The average molecular weight is 434 g/mol. The zero-order valence-corrected chi connectivity index (χ0v) is 17.8. The van der Waals surface area contributed by atoms with Gasteiger partial charge < -0.3 is 36.0 Å². The zero-order valence-electron chi connectivity index (χ0n) is 17.8. The molecule has 0 aliphatic rings. The molecule has 0 aliphatic carbocycles. The standard InChI is InChI=1S/C23H31NO7/c1-12-9-15(14-5-4-6-16(10-14)23(31)24-3)7-8-17(12)19(27)21(29)22(30)20(28)18(26)13(2)11-25/h4-10,13,18-22,25-30H,11H2,1-3H3,(H,24,31)/t13?,18?,19-,20?,21?,22?/m0/s1. The molecule has 0 spiro atoms. The minimum atomic E-state index is -1.83. The second-order valence-electron chi connectivity index (χ2n) is 7.80. The Bertz CT molecular complexity index is 888. The molecule has 0 radical (unpaired) electrons. The fourth-order valence-corrected chi connectivity index (χ4v) is 3.39. The molecule has 7 N–H and O–H groups in total. The molecule has 170 valence electrons. The van der Waals surface area contributed by atoms with E-state index in [2.05, 4.69) is 5.32 Å². The second kappa shape index (κ2) is 10.8. The molecule has 2 aromatic carbocycles. The van der Waals surface area contributed by atoms with Crippen molar-refractivity contribution in [3.05, 3.63) is 59.2 Å². The van der Waals surface area contributed by atoms with Gasteiger partial charge >= 0.3 is 0 Å². The van der Waals surface area contributed by atoms with Gasteiger partial charge in [-0.15, -0.1) is 0 Å². The highest BCUT2D eigenvalue weighted by Gasteiger charge is 2.37. The van der Waals surface area contributed by atoms with E-state index in [4.69, 9.17) is 5.11 Å². The van der Waals surface area contributed by atoms with E-state index in [9.17, 15) is 30.3 Å². The first kappa shape index (κ1) is 24.9. The van der Waals surface area contributed by atoms with Crippen molar-refractivity contribution in [3.63, 3.8) is 0 Å². The first-order chi connectivity index (χ1) is 14.6. The van der Waals surface area contributed by atoms with Crippen LogP contribution in [0.15, 0.2) is 42.5 Å². The number of hydrogen-bond acceptors (Lipinski definition) is 7. The number of carbonyl (C=O) groups is 1. The number of nitrogens with one attached hydrogen (secondary N) is 1. The molecule has 0 fully saturated rings. The summed E-state index contributed by atoms with van der Waals surface area (Å²) in [6.45, 7) is 2.79. The maximum atomic E-state index is 11.9. The number of aliphatic hydroxyl groups excluding tert-OH is 6. The van der Waals surface area contributed by atoms with E-state index in [1.165, 1.54) is 6.92 Å². The summed E-state index contributed by atoms with van der Waals surface area (Å²) in [5.74, 6) is -0.931. The molecule has 2 rings (SSSR count). The van der Waals surface area contributed by atoms with Crippen LogP contribution in [0.1, 0.15) is 34.5 Å². The van der Waals surface area contributed by atoms with Crippen molar-refractivity contribution in [1.82, 2.24) is 5.32 Å². The zero-order chi connectivity index (χ0) is 23.3. The normalized spacial score (nSPS) is 17.3. The summed E-state index contributed by atoms with van der Waals surface area (Å²) in [6.07, 6.45) is -8.34. The number of amides is 1. The van der Waals surface area contributed by atoms with Crippen molar-refractivity contribution in [2.24, 2.45) is 5.92 Å². The number of hydrogen-bond donors (Lipinski definition) is 7. The van der Waals surface area contributed by atoms with E-state index >= 15 is 0 Å². The molecular formula is C23H31NO7.